The number of rotatable bonds is 5. The van der Waals surface area contributed by atoms with Crippen LogP contribution in [0.25, 0.3) is 0 Å². The summed E-state index contributed by atoms with van der Waals surface area (Å²) in [5, 5.41) is 8.02. The molecule has 0 spiro atoms. The smallest absolute Gasteiger partial charge is 0.233 e. The highest BCUT2D eigenvalue weighted by Gasteiger charge is 2.13. The zero-order valence-corrected chi connectivity index (χ0v) is 12.0. The lowest BCUT2D eigenvalue weighted by Gasteiger charge is -2.14. The Bertz CT molecular complexity index is 534. The summed E-state index contributed by atoms with van der Waals surface area (Å²) in [5.41, 5.74) is 4.54. The Morgan fingerprint density at radius 3 is 2.79 bits per heavy atom. The third kappa shape index (κ3) is 3.69. The van der Waals surface area contributed by atoms with Crippen LogP contribution in [0.15, 0.2) is 35.1 Å². The molecule has 2 heterocycles. The van der Waals surface area contributed by atoms with Gasteiger partial charge in [0.1, 0.15) is 0 Å². The number of aromatic nitrogens is 3. The van der Waals surface area contributed by atoms with Crippen molar-refractivity contribution in [3.63, 3.8) is 0 Å². The average molecular weight is 324 g/mol. The first-order chi connectivity index (χ1) is 9.22. The normalized spacial score (nSPS) is 12.2. The highest BCUT2D eigenvalue weighted by atomic mass is 79.9. The minimum Gasteiger partial charge on any atom is -0.480 e. The van der Waals surface area contributed by atoms with Crippen LogP contribution in [0.5, 0.6) is 5.88 Å². The van der Waals surface area contributed by atoms with Crippen LogP contribution >= 0.6 is 15.9 Å². The van der Waals surface area contributed by atoms with E-state index in [4.69, 9.17) is 10.6 Å². The van der Waals surface area contributed by atoms with Crippen molar-refractivity contribution in [3.8, 4) is 5.88 Å². The van der Waals surface area contributed by atoms with Crippen molar-refractivity contribution in [2.75, 3.05) is 7.11 Å². The summed E-state index contributed by atoms with van der Waals surface area (Å²) < 4.78 is 5.91. The molecule has 2 aromatic rings. The molecule has 0 aliphatic heterocycles. The lowest BCUT2D eigenvalue weighted by Crippen LogP contribution is -2.30. The lowest BCUT2D eigenvalue weighted by atomic mass is 10.1. The van der Waals surface area contributed by atoms with Gasteiger partial charge in [-0.15, -0.1) is 5.10 Å². The van der Waals surface area contributed by atoms with E-state index in [2.05, 4.69) is 36.5 Å². The maximum Gasteiger partial charge on any atom is 0.233 e. The second-order valence-corrected chi connectivity index (χ2v) is 4.85. The Morgan fingerprint density at radius 1 is 1.37 bits per heavy atom. The first-order valence-electron chi connectivity index (χ1n) is 5.66. The molecule has 7 heteroatoms. The molecule has 0 bridgehead atoms. The summed E-state index contributed by atoms with van der Waals surface area (Å²) in [6, 6.07) is 5.46. The van der Waals surface area contributed by atoms with Crippen molar-refractivity contribution in [2.45, 2.75) is 12.5 Å². The van der Waals surface area contributed by atoms with Gasteiger partial charge in [0.25, 0.3) is 0 Å². The van der Waals surface area contributed by atoms with Crippen LogP contribution < -0.4 is 16.0 Å². The lowest BCUT2D eigenvalue weighted by molar-refractivity contribution is 0.389. The Balaban J connectivity index is 2.15. The van der Waals surface area contributed by atoms with Crippen molar-refractivity contribution >= 4 is 15.9 Å². The van der Waals surface area contributed by atoms with Gasteiger partial charge in [0.15, 0.2) is 0 Å². The molecule has 2 aromatic heterocycles. The number of ether oxygens (including phenoxy) is 1. The van der Waals surface area contributed by atoms with E-state index in [-0.39, 0.29) is 6.04 Å². The number of hydrazine groups is 1. The van der Waals surface area contributed by atoms with Crippen LogP contribution in [0, 0.1) is 0 Å². The number of halogens is 1. The fraction of sp³-hybridized carbons (Fsp3) is 0.250. The van der Waals surface area contributed by atoms with Crippen LogP contribution in [0.4, 0.5) is 0 Å². The fourth-order valence-corrected chi connectivity index (χ4v) is 2.09. The number of nitrogens with one attached hydrogen (secondary N) is 1. The SMILES string of the molecule is COc1ccc(C(Cc2cncc(Br)c2)NN)nn1. The minimum absolute atomic E-state index is 0.130. The molecule has 0 amide bonds. The Kier molecular flexibility index (Phi) is 4.78. The highest BCUT2D eigenvalue weighted by Crippen LogP contribution is 2.18. The topological polar surface area (TPSA) is 86.0 Å². The van der Waals surface area contributed by atoms with Crippen LogP contribution in [-0.2, 0) is 6.42 Å². The first kappa shape index (κ1) is 13.9. The van der Waals surface area contributed by atoms with Gasteiger partial charge in [-0.1, -0.05) is 0 Å². The molecule has 19 heavy (non-hydrogen) atoms. The molecule has 0 saturated heterocycles. The van der Waals surface area contributed by atoms with Gasteiger partial charge in [0.2, 0.25) is 5.88 Å². The number of nitrogens with two attached hydrogens (primary N) is 1. The van der Waals surface area contributed by atoms with Gasteiger partial charge in [-0.25, -0.2) is 0 Å². The van der Waals surface area contributed by atoms with Crippen molar-refractivity contribution in [2.24, 2.45) is 5.84 Å². The number of nitrogens with zero attached hydrogens (tertiary/aromatic N) is 3. The molecule has 0 radical (unpaired) electrons. The van der Waals surface area contributed by atoms with E-state index in [0.717, 1.165) is 15.7 Å². The van der Waals surface area contributed by atoms with E-state index in [9.17, 15) is 0 Å². The summed E-state index contributed by atoms with van der Waals surface area (Å²) in [7, 11) is 1.55. The molecule has 0 saturated carbocycles. The van der Waals surface area contributed by atoms with Crippen LogP contribution in [0.3, 0.4) is 0 Å². The largest absolute Gasteiger partial charge is 0.480 e. The molecule has 3 N–H and O–H groups in total. The quantitative estimate of drug-likeness (QED) is 0.638. The first-order valence-corrected chi connectivity index (χ1v) is 6.45. The Morgan fingerprint density at radius 2 is 2.21 bits per heavy atom. The summed E-state index contributed by atoms with van der Waals surface area (Å²) in [6.07, 6.45) is 4.21. The van der Waals surface area contributed by atoms with Crippen LogP contribution in [-0.4, -0.2) is 22.3 Å². The molecular formula is C12H14BrN5O. The van der Waals surface area contributed by atoms with Crippen molar-refractivity contribution < 1.29 is 4.74 Å². The number of hydrogen-bond donors (Lipinski definition) is 2. The Hall–Kier alpha value is -1.57. The maximum atomic E-state index is 5.58. The van der Waals surface area contributed by atoms with Gasteiger partial charge in [0.05, 0.1) is 18.8 Å². The monoisotopic (exact) mass is 323 g/mol. The zero-order valence-electron chi connectivity index (χ0n) is 10.4. The van der Waals surface area contributed by atoms with E-state index in [1.807, 2.05) is 12.1 Å². The molecule has 100 valence electrons. The number of hydrogen-bond acceptors (Lipinski definition) is 6. The molecule has 2 rings (SSSR count). The third-order valence-corrected chi connectivity index (χ3v) is 3.06. The average Bonchev–Trinajstić information content (AvgIpc) is 2.45. The Labute approximate surface area is 119 Å². The van der Waals surface area contributed by atoms with E-state index in [1.165, 1.54) is 0 Å². The second-order valence-electron chi connectivity index (χ2n) is 3.94. The predicted octanol–water partition coefficient (Wildman–Crippen LogP) is 1.39. The van der Waals surface area contributed by atoms with Gasteiger partial charge in [-0.05, 0) is 40.0 Å². The summed E-state index contributed by atoms with van der Waals surface area (Å²) in [5.74, 6) is 6.06. The van der Waals surface area contributed by atoms with Crippen molar-refractivity contribution in [1.82, 2.24) is 20.6 Å². The maximum absolute atomic E-state index is 5.58. The van der Waals surface area contributed by atoms with E-state index >= 15 is 0 Å². The summed E-state index contributed by atoms with van der Waals surface area (Å²) in [4.78, 5) is 4.12. The second kappa shape index (κ2) is 6.55. The molecule has 0 aliphatic rings. The molecule has 1 unspecified atom stereocenters. The molecule has 0 fully saturated rings. The van der Waals surface area contributed by atoms with Gasteiger partial charge >= 0.3 is 0 Å². The van der Waals surface area contributed by atoms with Crippen LogP contribution in [0.2, 0.25) is 0 Å². The van der Waals surface area contributed by atoms with Gasteiger partial charge in [-0.2, -0.15) is 5.10 Å². The molecular weight excluding hydrogens is 310 g/mol. The fourth-order valence-electron chi connectivity index (χ4n) is 1.68. The van der Waals surface area contributed by atoms with Crippen LogP contribution in [0.1, 0.15) is 17.3 Å². The molecule has 1 atom stereocenters. The summed E-state index contributed by atoms with van der Waals surface area (Å²) >= 11 is 3.39. The molecule has 6 nitrogen and oxygen atoms in total. The number of methoxy groups -OCH3 is 1. The highest BCUT2D eigenvalue weighted by molar-refractivity contribution is 9.10. The minimum atomic E-state index is -0.130. The van der Waals surface area contributed by atoms with E-state index in [1.54, 1.807) is 25.6 Å². The van der Waals surface area contributed by atoms with Gasteiger partial charge < -0.3 is 4.74 Å². The predicted molar refractivity (Wildman–Crippen MR) is 74.3 cm³/mol. The van der Waals surface area contributed by atoms with E-state index in [0.29, 0.717) is 12.3 Å². The number of pyridine rings is 1. The zero-order chi connectivity index (χ0) is 13.7. The van der Waals surface area contributed by atoms with E-state index < -0.39 is 0 Å². The standard InChI is InChI=1S/C12H14BrN5O/c1-19-12-3-2-10(17-18-12)11(16-14)5-8-4-9(13)7-15-6-8/h2-4,6-7,11,16H,5,14H2,1H3. The van der Waals surface area contributed by atoms with Crippen molar-refractivity contribution in [1.29, 1.82) is 0 Å². The summed E-state index contributed by atoms with van der Waals surface area (Å²) in [6.45, 7) is 0. The van der Waals surface area contributed by atoms with Gasteiger partial charge in [0, 0.05) is 22.9 Å². The molecule has 0 aromatic carbocycles. The van der Waals surface area contributed by atoms with Gasteiger partial charge in [-0.3, -0.25) is 16.3 Å². The van der Waals surface area contributed by atoms with Crippen molar-refractivity contribution in [3.05, 3.63) is 46.3 Å². The molecule has 0 aliphatic carbocycles. The third-order valence-electron chi connectivity index (χ3n) is 2.63.